The van der Waals surface area contributed by atoms with E-state index < -0.39 is 0 Å². The van der Waals surface area contributed by atoms with Gasteiger partial charge in [0.05, 0.1) is 6.20 Å². The molecule has 1 aliphatic rings. The zero-order valence-corrected chi connectivity index (χ0v) is 10.1. The van der Waals surface area contributed by atoms with E-state index in [0.29, 0.717) is 5.00 Å². The molecule has 1 unspecified atom stereocenters. The molecule has 1 aromatic heterocycles. The Balaban J connectivity index is 2.19. The Morgan fingerprint density at radius 3 is 3.12 bits per heavy atom. The lowest BCUT2D eigenvalue weighted by atomic mass is 10.0. The molecule has 0 radical (unpaired) electrons. The van der Waals surface area contributed by atoms with Crippen molar-refractivity contribution in [3.8, 4) is 0 Å². The van der Waals surface area contributed by atoms with Gasteiger partial charge in [0.15, 0.2) is 5.13 Å². The van der Waals surface area contributed by atoms with Crippen LogP contribution in [0.2, 0.25) is 0 Å². The summed E-state index contributed by atoms with van der Waals surface area (Å²) in [7, 11) is 1.67. The largest absolute Gasteiger partial charge is 0.389 e. The molecule has 2 heterocycles. The minimum absolute atomic E-state index is 0.0634. The summed E-state index contributed by atoms with van der Waals surface area (Å²) >= 11 is 1.44. The number of nitrogens with two attached hydrogens (primary N) is 1. The summed E-state index contributed by atoms with van der Waals surface area (Å²) in [5.41, 5.74) is 5.67. The van der Waals surface area contributed by atoms with Gasteiger partial charge in [-0.05, 0) is 19.3 Å². The van der Waals surface area contributed by atoms with E-state index in [4.69, 9.17) is 5.73 Å². The third-order valence-electron chi connectivity index (χ3n) is 2.81. The molecule has 5 nitrogen and oxygen atoms in total. The zero-order chi connectivity index (χ0) is 11.5. The maximum atomic E-state index is 11.8. The van der Waals surface area contributed by atoms with Gasteiger partial charge in [0, 0.05) is 13.6 Å². The number of nitrogen functional groups attached to an aromatic ring is 1. The summed E-state index contributed by atoms with van der Waals surface area (Å²) in [5.74, 6) is 0.0634. The minimum Gasteiger partial charge on any atom is -0.389 e. The Kier molecular flexibility index (Phi) is 3.28. The Hall–Kier alpha value is -1.30. The Labute approximate surface area is 98.7 Å². The third-order valence-corrected chi connectivity index (χ3v) is 3.67. The number of rotatable bonds is 2. The molecule has 3 N–H and O–H groups in total. The van der Waals surface area contributed by atoms with Crippen LogP contribution in [-0.2, 0) is 4.79 Å². The van der Waals surface area contributed by atoms with Crippen molar-refractivity contribution in [2.75, 3.05) is 24.2 Å². The molecule has 1 fully saturated rings. The lowest BCUT2D eigenvalue weighted by molar-refractivity contribution is -0.122. The number of nitrogens with zero attached hydrogens (tertiary/aromatic N) is 2. The van der Waals surface area contributed by atoms with Crippen molar-refractivity contribution in [1.29, 1.82) is 0 Å². The highest BCUT2D eigenvalue weighted by Gasteiger charge is 2.29. The Bertz CT molecular complexity index is 379. The van der Waals surface area contributed by atoms with E-state index in [1.54, 1.807) is 13.2 Å². The number of aromatic nitrogens is 1. The second-order valence-electron chi connectivity index (χ2n) is 3.86. The first-order chi connectivity index (χ1) is 7.72. The van der Waals surface area contributed by atoms with E-state index in [0.717, 1.165) is 30.9 Å². The van der Waals surface area contributed by atoms with E-state index in [9.17, 15) is 4.79 Å². The predicted molar refractivity (Wildman–Crippen MR) is 65.6 cm³/mol. The fourth-order valence-corrected chi connectivity index (χ4v) is 2.77. The second kappa shape index (κ2) is 4.69. The smallest absolute Gasteiger partial charge is 0.242 e. The highest BCUT2D eigenvalue weighted by atomic mass is 32.1. The second-order valence-corrected chi connectivity index (χ2v) is 4.91. The standard InChI is InChI=1S/C10H16N4OS/c1-12-9(15)7-4-2-3-5-14(7)10-13-6-8(11)16-10/h6-7H,2-5,11H2,1H3,(H,12,15). The molecular weight excluding hydrogens is 224 g/mol. The first-order valence-electron chi connectivity index (χ1n) is 5.42. The Morgan fingerprint density at radius 2 is 2.50 bits per heavy atom. The van der Waals surface area contributed by atoms with Crippen molar-refractivity contribution in [2.45, 2.75) is 25.3 Å². The number of nitrogens with one attached hydrogen (secondary N) is 1. The fourth-order valence-electron chi connectivity index (χ4n) is 2.01. The van der Waals surface area contributed by atoms with E-state index in [1.165, 1.54) is 11.3 Å². The molecule has 0 saturated carbocycles. The van der Waals surface area contributed by atoms with Crippen LogP contribution >= 0.6 is 11.3 Å². The molecule has 88 valence electrons. The minimum atomic E-state index is -0.0932. The van der Waals surface area contributed by atoms with Crippen molar-refractivity contribution in [2.24, 2.45) is 0 Å². The highest BCUT2D eigenvalue weighted by Crippen LogP contribution is 2.29. The van der Waals surface area contributed by atoms with Crippen molar-refractivity contribution in [1.82, 2.24) is 10.3 Å². The van der Waals surface area contributed by atoms with Crippen LogP contribution in [0, 0.1) is 0 Å². The lowest BCUT2D eigenvalue weighted by Gasteiger charge is -2.34. The van der Waals surface area contributed by atoms with Crippen LogP contribution in [0.15, 0.2) is 6.20 Å². The number of carbonyl (C=O) groups is 1. The SMILES string of the molecule is CNC(=O)C1CCCCN1c1ncc(N)s1. The van der Waals surface area contributed by atoms with Gasteiger partial charge in [-0.1, -0.05) is 11.3 Å². The Morgan fingerprint density at radius 1 is 1.69 bits per heavy atom. The molecule has 1 saturated heterocycles. The summed E-state index contributed by atoms with van der Waals surface area (Å²) in [6.45, 7) is 0.880. The monoisotopic (exact) mass is 240 g/mol. The molecule has 1 aliphatic heterocycles. The number of piperidine rings is 1. The van der Waals surface area contributed by atoms with Crippen molar-refractivity contribution in [3.63, 3.8) is 0 Å². The van der Waals surface area contributed by atoms with Gasteiger partial charge >= 0.3 is 0 Å². The summed E-state index contributed by atoms with van der Waals surface area (Å²) in [4.78, 5) is 18.1. The third kappa shape index (κ3) is 2.11. The molecule has 0 aliphatic carbocycles. The van der Waals surface area contributed by atoms with Gasteiger partial charge < -0.3 is 16.0 Å². The number of thiazole rings is 1. The van der Waals surface area contributed by atoms with E-state index in [-0.39, 0.29) is 11.9 Å². The molecule has 16 heavy (non-hydrogen) atoms. The molecule has 0 aromatic carbocycles. The average Bonchev–Trinajstić information content (AvgIpc) is 2.75. The molecular formula is C10H16N4OS. The first kappa shape index (κ1) is 11.2. The van der Waals surface area contributed by atoms with Crippen LogP contribution in [-0.4, -0.2) is 30.5 Å². The number of amides is 1. The van der Waals surface area contributed by atoms with E-state index in [2.05, 4.69) is 15.2 Å². The molecule has 0 bridgehead atoms. The predicted octanol–water partition coefficient (Wildman–Crippen LogP) is 0.830. The van der Waals surface area contributed by atoms with Crippen LogP contribution in [0.25, 0.3) is 0 Å². The highest BCUT2D eigenvalue weighted by molar-refractivity contribution is 7.19. The van der Waals surface area contributed by atoms with Crippen LogP contribution in [0.1, 0.15) is 19.3 Å². The van der Waals surface area contributed by atoms with Crippen molar-refractivity contribution < 1.29 is 4.79 Å². The van der Waals surface area contributed by atoms with Gasteiger partial charge in [-0.25, -0.2) is 4.98 Å². The van der Waals surface area contributed by atoms with E-state index >= 15 is 0 Å². The molecule has 1 atom stereocenters. The number of hydrogen-bond donors (Lipinski definition) is 2. The molecule has 1 amide bonds. The maximum absolute atomic E-state index is 11.8. The first-order valence-corrected chi connectivity index (χ1v) is 6.23. The van der Waals surface area contributed by atoms with Crippen LogP contribution in [0.5, 0.6) is 0 Å². The van der Waals surface area contributed by atoms with E-state index in [1.807, 2.05) is 0 Å². The van der Waals surface area contributed by atoms with Gasteiger partial charge in [-0.2, -0.15) is 0 Å². The van der Waals surface area contributed by atoms with Gasteiger partial charge in [-0.3, -0.25) is 4.79 Å². The van der Waals surface area contributed by atoms with Crippen LogP contribution in [0.4, 0.5) is 10.1 Å². The summed E-state index contributed by atoms with van der Waals surface area (Å²) in [6.07, 6.45) is 4.73. The summed E-state index contributed by atoms with van der Waals surface area (Å²) in [6, 6.07) is -0.0932. The lowest BCUT2D eigenvalue weighted by Crippen LogP contribution is -2.48. The number of anilines is 2. The van der Waals surface area contributed by atoms with Gasteiger partial charge in [0.1, 0.15) is 11.0 Å². The average molecular weight is 240 g/mol. The van der Waals surface area contributed by atoms with Crippen molar-refractivity contribution in [3.05, 3.63) is 6.20 Å². The maximum Gasteiger partial charge on any atom is 0.242 e. The number of carbonyl (C=O) groups excluding carboxylic acids is 1. The molecule has 1 aromatic rings. The van der Waals surface area contributed by atoms with Crippen molar-refractivity contribution >= 4 is 27.4 Å². The summed E-state index contributed by atoms with van der Waals surface area (Å²) < 4.78 is 0. The van der Waals surface area contributed by atoms with Crippen LogP contribution in [0.3, 0.4) is 0 Å². The summed E-state index contributed by atoms with van der Waals surface area (Å²) in [5, 5.41) is 4.25. The topological polar surface area (TPSA) is 71.2 Å². The fraction of sp³-hybridized carbons (Fsp3) is 0.600. The quantitative estimate of drug-likeness (QED) is 0.803. The van der Waals surface area contributed by atoms with Gasteiger partial charge in [0.25, 0.3) is 0 Å². The zero-order valence-electron chi connectivity index (χ0n) is 9.27. The number of hydrogen-bond acceptors (Lipinski definition) is 5. The number of likely N-dealkylation sites (N-methyl/N-ethyl adjacent to an activating group) is 1. The van der Waals surface area contributed by atoms with Gasteiger partial charge in [-0.15, -0.1) is 0 Å². The van der Waals surface area contributed by atoms with Gasteiger partial charge in [0.2, 0.25) is 5.91 Å². The van der Waals surface area contributed by atoms with Crippen LogP contribution < -0.4 is 16.0 Å². The molecule has 0 spiro atoms. The molecule has 2 rings (SSSR count). The normalized spacial score (nSPS) is 20.8. The molecule has 6 heteroatoms.